The number of halogens is 2. The summed E-state index contributed by atoms with van der Waals surface area (Å²) in [5, 5.41) is 6.35. The van der Waals surface area contributed by atoms with Crippen molar-refractivity contribution in [3.8, 4) is 11.5 Å². The fraction of sp³-hybridized carbons (Fsp3) is 0.381. The molecule has 1 aliphatic rings. The van der Waals surface area contributed by atoms with E-state index in [4.69, 9.17) is 14.2 Å². The Bertz CT molecular complexity index is 861. The van der Waals surface area contributed by atoms with Crippen LogP contribution in [0.2, 0.25) is 0 Å². The minimum absolute atomic E-state index is 0.172. The van der Waals surface area contributed by atoms with E-state index in [1.807, 2.05) is 6.92 Å². The lowest BCUT2D eigenvalue weighted by Gasteiger charge is -2.21. The number of nitrogens with zero attached hydrogens (tertiary/aromatic N) is 1. The summed E-state index contributed by atoms with van der Waals surface area (Å²) in [5.41, 5.74) is 1.51. The van der Waals surface area contributed by atoms with Gasteiger partial charge in [0.1, 0.15) is 29.2 Å². The smallest absolute Gasteiger partial charge is 0.191 e. The van der Waals surface area contributed by atoms with Crippen LogP contribution in [-0.4, -0.2) is 39.0 Å². The molecule has 156 valence electrons. The second-order valence-corrected chi connectivity index (χ2v) is 6.68. The summed E-state index contributed by atoms with van der Waals surface area (Å²) in [6, 6.07) is 8.94. The summed E-state index contributed by atoms with van der Waals surface area (Å²) in [6.45, 7) is 3.42. The number of hydrogen-bond donors (Lipinski definition) is 2. The van der Waals surface area contributed by atoms with Crippen LogP contribution in [-0.2, 0) is 17.8 Å². The first-order chi connectivity index (χ1) is 14.0. The molecule has 0 amide bonds. The van der Waals surface area contributed by atoms with Crippen molar-refractivity contribution in [3.05, 3.63) is 59.2 Å². The number of nitrogens with one attached hydrogen (secondary N) is 2. The maximum absolute atomic E-state index is 13.8. The largest absolute Gasteiger partial charge is 0.489 e. The van der Waals surface area contributed by atoms with E-state index in [9.17, 15) is 8.78 Å². The molecule has 3 rings (SSSR count). The molecule has 1 unspecified atom stereocenters. The number of fused-ring (bicyclic) bond motifs is 1. The average Bonchev–Trinajstić information content (AvgIpc) is 2.70. The highest BCUT2D eigenvalue weighted by molar-refractivity contribution is 5.79. The third-order valence-corrected chi connectivity index (χ3v) is 4.35. The van der Waals surface area contributed by atoms with Crippen molar-refractivity contribution < 1.29 is 23.0 Å². The van der Waals surface area contributed by atoms with Gasteiger partial charge in [-0.15, -0.1) is 0 Å². The lowest BCUT2D eigenvalue weighted by atomic mass is 10.1. The second kappa shape index (κ2) is 10.1. The minimum Gasteiger partial charge on any atom is -0.489 e. The summed E-state index contributed by atoms with van der Waals surface area (Å²) in [7, 11) is 1.66. The van der Waals surface area contributed by atoms with E-state index < -0.39 is 0 Å². The quantitative estimate of drug-likeness (QED) is 0.548. The number of guanidine groups is 1. The first-order valence-electron chi connectivity index (χ1n) is 9.43. The van der Waals surface area contributed by atoms with Crippen LogP contribution < -0.4 is 20.1 Å². The van der Waals surface area contributed by atoms with Crippen molar-refractivity contribution in [2.24, 2.45) is 4.99 Å². The Morgan fingerprint density at radius 2 is 2.07 bits per heavy atom. The predicted octanol–water partition coefficient (Wildman–Crippen LogP) is 3.01. The van der Waals surface area contributed by atoms with E-state index in [-0.39, 0.29) is 24.5 Å². The van der Waals surface area contributed by atoms with Crippen LogP contribution in [0, 0.1) is 11.6 Å². The molecule has 0 radical (unpaired) electrons. The monoisotopic (exact) mass is 405 g/mol. The molecule has 1 heterocycles. The van der Waals surface area contributed by atoms with Gasteiger partial charge in [0.25, 0.3) is 0 Å². The molecule has 29 heavy (non-hydrogen) atoms. The van der Waals surface area contributed by atoms with Crippen LogP contribution in [0.3, 0.4) is 0 Å². The summed E-state index contributed by atoms with van der Waals surface area (Å²) < 4.78 is 43.5. The Labute approximate surface area is 168 Å². The van der Waals surface area contributed by atoms with Crippen LogP contribution in [0.1, 0.15) is 18.1 Å². The van der Waals surface area contributed by atoms with Gasteiger partial charge in [0, 0.05) is 25.2 Å². The molecule has 2 aromatic carbocycles. The van der Waals surface area contributed by atoms with Crippen molar-refractivity contribution in [3.63, 3.8) is 0 Å². The molecule has 2 aromatic rings. The van der Waals surface area contributed by atoms with Crippen molar-refractivity contribution in [1.29, 1.82) is 0 Å². The molecular formula is C21H25F2N3O3. The molecular weight excluding hydrogens is 380 g/mol. The van der Waals surface area contributed by atoms with Crippen LogP contribution in [0.5, 0.6) is 11.5 Å². The van der Waals surface area contributed by atoms with E-state index in [0.29, 0.717) is 43.6 Å². The van der Waals surface area contributed by atoms with E-state index in [1.165, 1.54) is 24.3 Å². The number of aliphatic imine (C=N–C) groups is 1. The molecule has 0 spiro atoms. The topological polar surface area (TPSA) is 64.1 Å². The summed E-state index contributed by atoms with van der Waals surface area (Å²) in [4.78, 5) is 4.17. The molecule has 8 heteroatoms. The van der Waals surface area contributed by atoms with Gasteiger partial charge in [-0.3, -0.25) is 4.99 Å². The number of benzene rings is 2. The van der Waals surface area contributed by atoms with Crippen molar-refractivity contribution in [2.75, 3.05) is 26.9 Å². The van der Waals surface area contributed by atoms with Crippen LogP contribution in [0.25, 0.3) is 0 Å². The molecule has 0 bridgehead atoms. The Morgan fingerprint density at radius 1 is 1.21 bits per heavy atom. The fourth-order valence-electron chi connectivity index (χ4n) is 3.03. The van der Waals surface area contributed by atoms with Gasteiger partial charge in [0.05, 0.1) is 13.2 Å². The average molecular weight is 405 g/mol. The van der Waals surface area contributed by atoms with Gasteiger partial charge in [0.2, 0.25) is 0 Å². The van der Waals surface area contributed by atoms with Gasteiger partial charge in [-0.25, -0.2) is 8.78 Å². The lowest BCUT2D eigenvalue weighted by Crippen LogP contribution is -2.42. The van der Waals surface area contributed by atoms with Gasteiger partial charge < -0.3 is 24.8 Å². The van der Waals surface area contributed by atoms with Crippen molar-refractivity contribution in [1.82, 2.24) is 10.6 Å². The molecule has 2 N–H and O–H groups in total. The Balaban J connectivity index is 1.47. The molecule has 6 nitrogen and oxygen atoms in total. The van der Waals surface area contributed by atoms with E-state index in [0.717, 1.165) is 11.1 Å². The Morgan fingerprint density at radius 3 is 2.86 bits per heavy atom. The summed E-state index contributed by atoms with van der Waals surface area (Å²) in [5.74, 6) is 1.12. The summed E-state index contributed by atoms with van der Waals surface area (Å²) in [6.07, 6.45) is 0.370. The van der Waals surface area contributed by atoms with Gasteiger partial charge in [0.15, 0.2) is 12.8 Å². The van der Waals surface area contributed by atoms with Gasteiger partial charge in [-0.2, -0.15) is 0 Å². The highest BCUT2D eigenvalue weighted by Gasteiger charge is 2.17. The molecule has 0 saturated heterocycles. The predicted molar refractivity (Wildman–Crippen MR) is 106 cm³/mol. The first kappa shape index (κ1) is 20.9. The van der Waals surface area contributed by atoms with E-state index in [1.54, 1.807) is 19.2 Å². The highest BCUT2D eigenvalue weighted by atomic mass is 19.1. The Kier molecular flexibility index (Phi) is 7.24. The second-order valence-electron chi connectivity index (χ2n) is 6.68. The molecule has 1 atom stereocenters. The van der Waals surface area contributed by atoms with Crippen LogP contribution >= 0.6 is 0 Å². The lowest BCUT2D eigenvalue weighted by molar-refractivity contribution is -0.0172. The molecule has 1 aliphatic heterocycles. The zero-order valence-electron chi connectivity index (χ0n) is 16.5. The fourth-order valence-corrected chi connectivity index (χ4v) is 3.03. The zero-order chi connectivity index (χ0) is 20.6. The summed E-state index contributed by atoms with van der Waals surface area (Å²) >= 11 is 0. The molecule has 0 saturated carbocycles. The number of ether oxygens (including phenoxy) is 3. The van der Waals surface area contributed by atoms with Gasteiger partial charge >= 0.3 is 0 Å². The van der Waals surface area contributed by atoms with Crippen LogP contribution in [0.4, 0.5) is 8.78 Å². The van der Waals surface area contributed by atoms with E-state index in [2.05, 4.69) is 15.6 Å². The number of rotatable bonds is 7. The van der Waals surface area contributed by atoms with Gasteiger partial charge in [-0.1, -0.05) is 6.07 Å². The minimum atomic E-state index is -0.338. The van der Waals surface area contributed by atoms with E-state index >= 15 is 0 Å². The maximum Gasteiger partial charge on any atom is 0.191 e. The SMILES string of the molecule is CN=C(NCCc1cc(F)cc2c1OCOC2)NCC(C)Oc1cccc(F)c1. The third kappa shape index (κ3) is 6.05. The molecule has 0 aliphatic carbocycles. The zero-order valence-corrected chi connectivity index (χ0v) is 16.5. The van der Waals surface area contributed by atoms with Crippen LogP contribution in [0.15, 0.2) is 41.4 Å². The van der Waals surface area contributed by atoms with Crippen molar-refractivity contribution in [2.45, 2.75) is 26.1 Å². The molecule has 0 fully saturated rings. The normalized spacial score (nSPS) is 14.6. The standard InChI is InChI=1S/C21H25F2N3O3/c1-14(29-19-5-3-4-17(22)10-19)11-26-21(24-2)25-7-6-15-8-18(23)9-16-12-27-13-28-20(15)16/h3-5,8-10,14H,6-7,11-13H2,1-2H3,(H2,24,25,26). The molecule has 0 aromatic heterocycles. The first-order valence-corrected chi connectivity index (χ1v) is 9.43. The Hall–Kier alpha value is -2.87. The van der Waals surface area contributed by atoms with Crippen molar-refractivity contribution >= 4 is 5.96 Å². The highest BCUT2D eigenvalue weighted by Crippen LogP contribution is 2.29. The third-order valence-electron chi connectivity index (χ3n) is 4.35. The van der Waals surface area contributed by atoms with Gasteiger partial charge in [-0.05, 0) is 43.2 Å². The maximum atomic E-state index is 13.8. The number of hydrogen-bond acceptors (Lipinski definition) is 4.